The summed E-state index contributed by atoms with van der Waals surface area (Å²) in [6, 6.07) is -0.912. The summed E-state index contributed by atoms with van der Waals surface area (Å²) >= 11 is 0. The lowest BCUT2D eigenvalue weighted by molar-refractivity contribution is -0.135. The van der Waals surface area contributed by atoms with Gasteiger partial charge in [-0.15, -0.1) is 0 Å². The predicted octanol–water partition coefficient (Wildman–Crippen LogP) is 6.89. The first-order chi connectivity index (χ1) is 22.8. The lowest BCUT2D eigenvalue weighted by Crippen LogP contribution is -2.50. The van der Waals surface area contributed by atoms with Crippen LogP contribution in [-0.4, -0.2) is 94.1 Å². The van der Waals surface area contributed by atoms with Crippen LogP contribution >= 0.6 is 0 Å². The van der Waals surface area contributed by atoms with E-state index in [1.54, 1.807) is 37.8 Å². The van der Waals surface area contributed by atoms with E-state index in [0.29, 0.717) is 38.8 Å². The molecule has 0 saturated carbocycles. The molecule has 0 aromatic heterocycles. The van der Waals surface area contributed by atoms with Crippen molar-refractivity contribution in [3.05, 3.63) is 24.3 Å². The Labute approximate surface area is 292 Å². The van der Waals surface area contributed by atoms with E-state index < -0.39 is 47.4 Å². The SMILES string of the molecule is CC[C@@H](/C=C/C(=O)O)CC(=O)[C@@H]1CCCCN1C(=O)OC(C)(C)C.CC[C@@H](/C=C/C(=O)OC)CC(=O)[C@@H]1CCCCN1C(=O)OC(C)(C)C. The second-order valence-corrected chi connectivity index (χ2v) is 14.6. The van der Waals surface area contributed by atoms with E-state index in [0.717, 1.165) is 38.2 Å². The summed E-state index contributed by atoms with van der Waals surface area (Å²) in [5.41, 5.74) is -1.18. The number of rotatable bonds is 12. The van der Waals surface area contributed by atoms with Crippen molar-refractivity contribution >= 4 is 35.7 Å². The molecule has 0 aromatic rings. The highest BCUT2D eigenvalue weighted by atomic mass is 16.6. The van der Waals surface area contributed by atoms with Crippen LogP contribution < -0.4 is 0 Å². The number of ketones is 2. The van der Waals surface area contributed by atoms with E-state index in [1.165, 1.54) is 18.1 Å². The monoisotopic (exact) mass is 692 g/mol. The van der Waals surface area contributed by atoms with Gasteiger partial charge >= 0.3 is 24.1 Å². The number of ether oxygens (including phenoxy) is 3. The van der Waals surface area contributed by atoms with Gasteiger partial charge in [-0.25, -0.2) is 19.2 Å². The molecule has 12 nitrogen and oxygen atoms in total. The molecule has 1 N–H and O–H groups in total. The van der Waals surface area contributed by atoms with Crippen molar-refractivity contribution in [2.75, 3.05) is 20.2 Å². The third kappa shape index (κ3) is 17.0. The second kappa shape index (κ2) is 20.7. The van der Waals surface area contributed by atoms with E-state index >= 15 is 0 Å². The molecule has 2 aliphatic rings. The average Bonchev–Trinajstić information content (AvgIpc) is 3.03. The maximum Gasteiger partial charge on any atom is 0.410 e. The van der Waals surface area contributed by atoms with Crippen molar-refractivity contribution in [2.45, 2.75) is 143 Å². The number of piperidine rings is 2. The Morgan fingerprint density at radius 1 is 0.694 bits per heavy atom. The minimum atomic E-state index is -1.02. The summed E-state index contributed by atoms with van der Waals surface area (Å²) in [6.07, 6.45) is 11.6. The van der Waals surface area contributed by atoms with E-state index in [9.17, 15) is 28.8 Å². The number of likely N-dealkylation sites (tertiary alicyclic amines) is 2. The van der Waals surface area contributed by atoms with Gasteiger partial charge in [-0.05, 0) is 105 Å². The number of carbonyl (C=O) groups is 6. The molecule has 2 rings (SSSR count). The minimum absolute atomic E-state index is 0.0203. The number of allylic oxidation sites excluding steroid dienone is 2. The molecule has 0 aliphatic carbocycles. The van der Waals surface area contributed by atoms with Crippen molar-refractivity contribution in [2.24, 2.45) is 11.8 Å². The Kier molecular flexibility index (Phi) is 18.3. The molecule has 4 atom stereocenters. The van der Waals surface area contributed by atoms with Gasteiger partial charge < -0.3 is 19.3 Å². The molecule has 0 bridgehead atoms. The smallest absolute Gasteiger partial charge is 0.410 e. The number of nitrogens with zero attached hydrogens (tertiary/aromatic N) is 2. The normalized spacial score (nSPS) is 19.8. The molecule has 0 radical (unpaired) electrons. The molecule has 12 heteroatoms. The van der Waals surface area contributed by atoms with Gasteiger partial charge in [-0.2, -0.15) is 0 Å². The zero-order chi connectivity index (χ0) is 37.4. The number of carboxylic acid groups (broad SMARTS) is 1. The molecule has 2 heterocycles. The Morgan fingerprint density at radius 2 is 1.08 bits per heavy atom. The van der Waals surface area contributed by atoms with E-state index in [1.807, 2.05) is 34.6 Å². The fourth-order valence-electron chi connectivity index (χ4n) is 5.60. The molecule has 49 heavy (non-hydrogen) atoms. The molecule has 2 saturated heterocycles. The molecule has 0 unspecified atom stereocenters. The van der Waals surface area contributed by atoms with Crippen LogP contribution in [0, 0.1) is 11.8 Å². The van der Waals surface area contributed by atoms with Crippen LogP contribution in [0.15, 0.2) is 24.3 Å². The Balaban J connectivity index is 0.000000490. The van der Waals surface area contributed by atoms with Crippen molar-refractivity contribution < 1.29 is 48.1 Å². The summed E-state index contributed by atoms with van der Waals surface area (Å²) in [6.45, 7) is 15.8. The van der Waals surface area contributed by atoms with Crippen molar-refractivity contribution in [3.63, 3.8) is 0 Å². The van der Waals surface area contributed by atoms with Crippen molar-refractivity contribution in [1.82, 2.24) is 9.80 Å². The fourth-order valence-corrected chi connectivity index (χ4v) is 5.60. The van der Waals surface area contributed by atoms with E-state index in [4.69, 9.17) is 14.6 Å². The highest BCUT2D eigenvalue weighted by Crippen LogP contribution is 2.26. The summed E-state index contributed by atoms with van der Waals surface area (Å²) in [5, 5.41) is 8.72. The molecular formula is C37H60N2O10. The Hall–Kier alpha value is -3.70. The summed E-state index contributed by atoms with van der Waals surface area (Å²) < 4.78 is 15.4. The minimum Gasteiger partial charge on any atom is -0.478 e. The number of aliphatic carboxylic acids is 1. The maximum atomic E-state index is 12.8. The van der Waals surface area contributed by atoms with Gasteiger partial charge in [0, 0.05) is 38.1 Å². The van der Waals surface area contributed by atoms with Gasteiger partial charge in [-0.3, -0.25) is 19.4 Å². The molecule has 278 valence electrons. The number of hydrogen-bond acceptors (Lipinski definition) is 9. The second-order valence-electron chi connectivity index (χ2n) is 14.6. The van der Waals surface area contributed by atoms with Gasteiger partial charge in [0.1, 0.15) is 11.2 Å². The molecule has 0 aromatic carbocycles. The molecule has 2 amide bonds. The first-order valence-electron chi connectivity index (χ1n) is 17.5. The number of carbonyl (C=O) groups excluding carboxylic acids is 5. The third-order valence-electron chi connectivity index (χ3n) is 8.20. The summed E-state index contributed by atoms with van der Waals surface area (Å²) in [4.78, 5) is 75.2. The van der Waals surface area contributed by atoms with Crippen molar-refractivity contribution in [3.8, 4) is 0 Å². The number of esters is 1. The van der Waals surface area contributed by atoms with Gasteiger partial charge in [0.15, 0.2) is 11.6 Å². The standard InChI is InChI=1S/C19H31NO5.C18H29NO5/c1-6-14(10-11-17(22)24-5)13-16(21)15-9-7-8-12-20(15)18(23)25-19(2,3)4;1-5-13(9-10-16(21)22)12-15(20)14-8-6-7-11-19(14)17(23)24-18(2,3)4/h10-11,14-15H,6-9,12-13H2,1-5H3;9-10,13-14H,5-8,11-12H2,1-4H3,(H,21,22)/b11-10+;10-9+/t14-,15-;13-,14-/m00/s1. The van der Waals surface area contributed by atoms with Crippen LogP contribution in [0.25, 0.3) is 0 Å². The van der Waals surface area contributed by atoms with Gasteiger partial charge in [0.25, 0.3) is 0 Å². The van der Waals surface area contributed by atoms with Crippen LogP contribution in [0.4, 0.5) is 9.59 Å². The zero-order valence-corrected chi connectivity index (χ0v) is 31.1. The third-order valence-corrected chi connectivity index (χ3v) is 8.20. The van der Waals surface area contributed by atoms with Crippen molar-refractivity contribution in [1.29, 1.82) is 0 Å². The Bertz CT molecular complexity index is 1180. The fraction of sp³-hybridized carbons (Fsp3) is 0.730. The van der Waals surface area contributed by atoms with Crippen LogP contribution in [-0.2, 0) is 33.4 Å². The Morgan fingerprint density at radius 3 is 1.41 bits per heavy atom. The first kappa shape index (κ1) is 43.3. The van der Waals surface area contributed by atoms with Crippen LogP contribution in [0.3, 0.4) is 0 Å². The summed E-state index contributed by atoms with van der Waals surface area (Å²) in [7, 11) is 1.32. The predicted molar refractivity (Wildman–Crippen MR) is 186 cm³/mol. The topological polar surface area (TPSA) is 157 Å². The average molecular weight is 693 g/mol. The first-order valence-corrected chi connectivity index (χ1v) is 17.5. The number of carboxylic acids is 1. The summed E-state index contributed by atoms with van der Waals surface area (Å²) in [5.74, 6) is -1.63. The number of Topliss-reactive ketones (excluding diaryl/α,β-unsaturated/α-hetero) is 2. The highest BCUT2D eigenvalue weighted by molar-refractivity contribution is 5.89. The quantitative estimate of drug-likeness (QED) is 0.130. The molecule has 0 spiro atoms. The molecule has 2 fully saturated rings. The van der Waals surface area contributed by atoms with Crippen LogP contribution in [0.5, 0.6) is 0 Å². The largest absolute Gasteiger partial charge is 0.478 e. The van der Waals surface area contributed by atoms with Gasteiger partial charge in [-0.1, -0.05) is 26.0 Å². The van der Waals surface area contributed by atoms with Crippen LogP contribution in [0.1, 0.15) is 120 Å². The van der Waals surface area contributed by atoms with Gasteiger partial charge in [0.05, 0.1) is 19.2 Å². The molecular weight excluding hydrogens is 632 g/mol. The number of methoxy groups -OCH3 is 1. The van der Waals surface area contributed by atoms with Crippen LogP contribution in [0.2, 0.25) is 0 Å². The zero-order valence-electron chi connectivity index (χ0n) is 31.1. The van der Waals surface area contributed by atoms with Gasteiger partial charge in [0.2, 0.25) is 0 Å². The maximum absolute atomic E-state index is 12.8. The highest BCUT2D eigenvalue weighted by Gasteiger charge is 2.36. The number of amides is 2. The van der Waals surface area contributed by atoms with E-state index in [2.05, 4.69) is 4.74 Å². The number of hydrogen-bond donors (Lipinski definition) is 1. The lowest BCUT2D eigenvalue weighted by Gasteiger charge is -2.36. The lowest BCUT2D eigenvalue weighted by atomic mass is 9.91. The molecule has 2 aliphatic heterocycles. The van der Waals surface area contributed by atoms with E-state index in [-0.39, 0.29) is 29.8 Å².